The van der Waals surface area contributed by atoms with Gasteiger partial charge in [0.2, 0.25) is 0 Å². The summed E-state index contributed by atoms with van der Waals surface area (Å²) in [5.41, 5.74) is 9.30. The Kier molecular flexibility index (Phi) is 2.85. The first-order chi connectivity index (χ1) is 7.20. The molecule has 1 heterocycles. The average Bonchev–Trinajstić information content (AvgIpc) is 2.70. The van der Waals surface area contributed by atoms with Gasteiger partial charge in [-0.3, -0.25) is 0 Å². The van der Waals surface area contributed by atoms with Gasteiger partial charge in [-0.1, -0.05) is 19.4 Å². The molecular weight excluding hydrogens is 184 g/mol. The lowest BCUT2D eigenvalue weighted by atomic mass is 10.1. The summed E-state index contributed by atoms with van der Waals surface area (Å²) in [5.74, 6) is 0.868. The molecule has 0 saturated carbocycles. The highest BCUT2D eigenvalue weighted by Crippen LogP contribution is 2.27. The van der Waals surface area contributed by atoms with Crippen LogP contribution in [0, 0.1) is 12.8 Å². The van der Waals surface area contributed by atoms with Crippen molar-refractivity contribution < 1.29 is 0 Å². The zero-order valence-electron chi connectivity index (χ0n) is 9.66. The molecule has 82 valence electrons. The van der Waals surface area contributed by atoms with Crippen LogP contribution in [-0.2, 0) is 0 Å². The molecule has 1 saturated heterocycles. The maximum atomic E-state index is 5.93. The van der Waals surface area contributed by atoms with Gasteiger partial charge in [-0.2, -0.15) is 0 Å². The van der Waals surface area contributed by atoms with Crippen LogP contribution in [0.5, 0.6) is 0 Å². The SMILES string of the molecule is CCC1CCN(c2ccc(C)c(N)c2)C1. The van der Waals surface area contributed by atoms with E-state index in [-0.39, 0.29) is 0 Å². The van der Waals surface area contributed by atoms with Crippen LogP contribution < -0.4 is 10.6 Å². The highest BCUT2D eigenvalue weighted by Gasteiger charge is 2.21. The highest BCUT2D eigenvalue weighted by molar-refractivity contribution is 5.60. The first-order valence-electron chi connectivity index (χ1n) is 5.81. The zero-order valence-corrected chi connectivity index (χ0v) is 9.66. The lowest BCUT2D eigenvalue weighted by Gasteiger charge is -2.19. The Morgan fingerprint density at radius 3 is 2.87 bits per heavy atom. The van der Waals surface area contributed by atoms with Crippen molar-refractivity contribution >= 4 is 11.4 Å². The number of nitrogen functional groups attached to an aromatic ring is 1. The fourth-order valence-electron chi connectivity index (χ4n) is 2.22. The predicted molar refractivity (Wildman–Crippen MR) is 66.2 cm³/mol. The van der Waals surface area contributed by atoms with Crippen LogP contribution in [0.15, 0.2) is 18.2 Å². The van der Waals surface area contributed by atoms with Gasteiger partial charge in [0.25, 0.3) is 0 Å². The summed E-state index contributed by atoms with van der Waals surface area (Å²) < 4.78 is 0. The number of hydrogen-bond acceptors (Lipinski definition) is 2. The second-order valence-corrected chi connectivity index (χ2v) is 4.55. The van der Waals surface area contributed by atoms with Crippen molar-refractivity contribution in [3.8, 4) is 0 Å². The lowest BCUT2D eigenvalue weighted by Crippen LogP contribution is -2.19. The number of aryl methyl sites for hydroxylation is 1. The molecule has 1 aliphatic heterocycles. The molecule has 2 rings (SSSR count). The third-order valence-electron chi connectivity index (χ3n) is 3.49. The summed E-state index contributed by atoms with van der Waals surface area (Å²) in [7, 11) is 0. The minimum atomic E-state index is 0.868. The van der Waals surface area contributed by atoms with E-state index >= 15 is 0 Å². The van der Waals surface area contributed by atoms with E-state index in [2.05, 4.69) is 36.9 Å². The fourth-order valence-corrected chi connectivity index (χ4v) is 2.22. The highest BCUT2D eigenvalue weighted by atomic mass is 15.1. The largest absolute Gasteiger partial charge is 0.398 e. The third kappa shape index (κ3) is 2.09. The molecule has 1 fully saturated rings. The van der Waals surface area contributed by atoms with Gasteiger partial charge in [-0.05, 0) is 37.0 Å². The maximum Gasteiger partial charge on any atom is 0.0387 e. The molecule has 1 atom stereocenters. The summed E-state index contributed by atoms with van der Waals surface area (Å²) >= 11 is 0. The van der Waals surface area contributed by atoms with Crippen molar-refractivity contribution in [3.63, 3.8) is 0 Å². The quantitative estimate of drug-likeness (QED) is 0.751. The van der Waals surface area contributed by atoms with Crippen molar-refractivity contribution in [2.75, 3.05) is 23.7 Å². The van der Waals surface area contributed by atoms with Crippen LogP contribution in [0.3, 0.4) is 0 Å². The molecule has 0 aromatic heterocycles. The molecule has 0 aliphatic carbocycles. The van der Waals surface area contributed by atoms with E-state index < -0.39 is 0 Å². The van der Waals surface area contributed by atoms with Crippen LogP contribution in [0.25, 0.3) is 0 Å². The molecule has 0 bridgehead atoms. The summed E-state index contributed by atoms with van der Waals surface area (Å²) in [6, 6.07) is 6.40. The van der Waals surface area contributed by atoms with Crippen LogP contribution >= 0.6 is 0 Å². The van der Waals surface area contributed by atoms with Gasteiger partial charge in [0.1, 0.15) is 0 Å². The number of nitrogens with zero attached hydrogens (tertiary/aromatic N) is 1. The molecule has 1 unspecified atom stereocenters. The molecule has 1 aromatic carbocycles. The van der Waals surface area contributed by atoms with Gasteiger partial charge < -0.3 is 10.6 Å². The van der Waals surface area contributed by atoms with E-state index in [0.29, 0.717) is 0 Å². The third-order valence-corrected chi connectivity index (χ3v) is 3.49. The van der Waals surface area contributed by atoms with Gasteiger partial charge >= 0.3 is 0 Å². The summed E-state index contributed by atoms with van der Waals surface area (Å²) in [5, 5.41) is 0. The Bertz CT molecular complexity index is 346. The van der Waals surface area contributed by atoms with Gasteiger partial charge in [0.15, 0.2) is 0 Å². The summed E-state index contributed by atoms with van der Waals surface area (Å²) in [6.07, 6.45) is 2.61. The normalized spacial score (nSPS) is 20.9. The van der Waals surface area contributed by atoms with E-state index in [0.717, 1.165) is 11.6 Å². The molecular formula is C13H20N2. The standard InChI is InChI=1S/C13H20N2/c1-3-11-6-7-15(9-11)12-5-4-10(2)13(14)8-12/h4-5,8,11H,3,6-7,9,14H2,1-2H3. The maximum absolute atomic E-state index is 5.93. The van der Waals surface area contributed by atoms with Crippen LogP contribution in [0.4, 0.5) is 11.4 Å². The lowest BCUT2D eigenvalue weighted by molar-refractivity contribution is 0.569. The molecule has 1 aromatic rings. The van der Waals surface area contributed by atoms with Gasteiger partial charge in [0, 0.05) is 24.5 Å². The monoisotopic (exact) mass is 204 g/mol. The van der Waals surface area contributed by atoms with E-state index in [4.69, 9.17) is 5.73 Å². The van der Waals surface area contributed by atoms with Crippen LogP contribution in [-0.4, -0.2) is 13.1 Å². The molecule has 2 N–H and O–H groups in total. The molecule has 0 radical (unpaired) electrons. The zero-order chi connectivity index (χ0) is 10.8. The number of hydrogen-bond donors (Lipinski definition) is 1. The van der Waals surface area contributed by atoms with E-state index in [1.807, 2.05) is 0 Å². The van der Waals surface area contributed by atoms with E-state index in [9.17, 15) is 0 Å². The number of rotatable bonds is 2. The Morgan fingerprint density at radius 1 is 1.47 bits per heavy atom. The van der Waals surface area contributed by atoms with Gasteiger partial charge in [0.05, 0.1) is 0 Å². The minimum absolute atomic E-state index is 0.868. The molecule has 2 nitrogen and oxygen atoms in total. The minimum Gasteiger partial charge on any atom is -0.398 e. The topological polar surface area (TPSA) is 29.3 Å². The first kappa shape index (κ1) is 10.3. The van der Waals surface area contributed by atoms with Crippen LogP contribution in [0.1, 0.15) is 25.3 Å². The Balaban J connectivity index is 2.13. The van der Waals surface area contributed by atoms with Crippen molar-refractivity contribution in [3.05, 3.63) is 23.8 Å². The summed E-state index contributed by atoms with van der Waals surface area (Å²) in [4.78, 5) is 2.45. The summed E-state index contributed by atoms with van der Waals surface area (Å²) in [6.45, 7) is 6.70. The number of nitrogens with two attached hydrogens (primary N) is 1. The van der Waals surface area contributed by atoms with E-state index in [1.165, 1.54) is 37.2 Å². The van der Waals surface area contributed by atoms with Crippen molar-refractivity contribution in [2.24, 2.45) is 5.92 Å². The van der Waals surface area contributed by atoms with E-state index in [1.54, 1.807) is 0 Å². The Morgan fingerprint density at radius 2 is 2.27 bits per heavy atom. The molecule has 2 heteroatoms. The molecule has 15 heavy (non-hydrogen) atoms. The molecule has 1 aliphatic rings. The predicted octanol–water partition coefficient (Wildman–Crippen LogP) is 2.81. The van der Waals surface area contributed by atoms with Crippen LogP contribution in [0.2, 0.25) is 0 Å². The second-order valence-electron chi connectivity index (χ2n) is 4.55. The Labute approximate surface area is 92.1 Å². The smallest absolute Gasteiger partial charge is 0.0387 e. The first-order valence-corrected chi connectivity index (χ1v) is 5.81. The number of anilines is 2. The van der Waals surface area contributed by atoms with Crippen molar-refractivity contribution in [1.29, 1.82) is 0 Å². The van der Waals surface area contributed by atoms with Gasteiger partial charge in [-0.25, -0.2) is 0 Å². The average molecular weight is 204 g/mol. The fraction of sp³-hybridized carbons (Fsp3) is 0.538. The Hall–Kier alpha value is -1.18. The molecule has 0 amide bonds. The van der Waals surface area contributed by atoms with Crippen molar-refractivity contribution in [2.45, 2.75) is 26.7 Å². The molecule has 0 spiro atoms. The van der Waals surface area contributed by atoms with Gasteiger partial charge in [-0.15, -0.1) is 0 Å². The number of benzene rings is 1. The second kappa shape index (κ2) is 4.13. The van der Waals surface area contributed by atoms with Crippen molar-refractivity contribution in [1.82, 2.24) is 0 Å².